The summed E-state index contributed by atoms with van der Waals surface area (Å²) in [5, 5.41) is 3.41. The first-order valence-corrected chi connectivity index (χ1v) is 7.48. The monoisotopic (exact) mass is 302 g/mol. The number of halogens is 3. The van der Waals surface area contributed by atoms with Crippen LogP contribution >= 0.6 is 11.8 Å². The van der Waals surface area contributed by atoms with E-state index in [0.717, 1.165) is 24.7 Å². The van der Waals surface area contributed by atoms with Crippen LogP contribution in [0.15, 0.2) is 29.3 Å². The van der Waals surface area contributed by atoms with E-state index >= 15 is 0 Å². The summed E-state index contributed by atoms with van der Waals surface area (Å²) in [5.74, 6) is 0.865. The van der Waals surface area contributed by atoms with Crippen LogP contribution in [0.2, 0.25) is 0 Å². The first kappa shape index (κ1) is 15.2. The zero-order valence-electron chi connectivity index (χ0n) is 11.4. The van der Waals surface area contributed by atoms with Crippen molar-refractivity contribution in [2.45, 2.75) is 38.4 Å². The van der Waals surface area contributed by atoms with Crippen LogP contribution in [-0.2, 0) is 6.18 Å². The van der Waals surface area contributed by atoms with Gasteiger partial charge in [-0.2, -0.15) is 13.2 Å². The molecule has 6 heteroatoms. The zero-order chi connectivity index (χ0) is 14.8. The molecule has 2 rings (SSSR count). The Bertz CT molecular complexity index is 513. The van der Waals surface area contributed by atoms with Crippen molar-refractivity contribution in [3.63, 3.8) is 0 Å². The van der Waals surface area contributed by atoms with E-state index in [1.165, 1.54) is 23.9 Å². The summed E-state index contributed by atoms with van der Waals surface area (Å²) in [4.78, 5) is 4.55. The van der Waals surface area contributed by atoms with Gasteiger partial charge in [0.2, 0.25) is 0 Å². The molecule has 20 heavy (non-hydrogen) atoms. The number of hydrogen-bond donors (Lipinski definition) is 1. The summed E-state index contributed by atoms with van der Waals surface area (Å²) in [6.07, 6.45) is -2.54. The first-order chi connectivity index (χ1) is 9.34. The van der Waals surface area contributed by atoms with Crippen molar-refractivity contribution < 1.29 is 13.2 Å². The molecule has 1 atom stereocenters. The van der Waals surface area contributed by atoms with Crippen molar-refractivity contribution in [1.82, 2.24) is 0 Å². The summed E-state index contributed by atoms with van der Waals surface area (Å²) in [6, 6.07) is 5.49. The molecule has 1 unspecified atom stereocenters. The standard InChI is InChI=1S/C14H17F3N2S/c1-3-13(2)8-9-20-12(19-13)18-11-7-5-4-6-10(11)14(15,16)17/h4-7H,3,8-9H2,1-2H3,(H,18,19). The lowest BCUT2D eigenvalue weighted by Gasteiger charge is -2.29. The number of thioether (sulfide) groups is 1. The van der Waals surface area contributed by atoms with Crippen molar-refractivity contribution in [2.24, 2.45) is 4.99 Å². The molecule has 1 aliphatic rings. The molecule has 0 bridgehead atoms. The predicted molar refractivity (Wildman–Crippen MR) is 78.3 cm³/mol. The molecule has 1 N–H and O–H groups in total. The van der Waals surface area contributed by atoms with E-state index in [0.29, 0.717) is 5.17 Å². The summed E-state index contributed by atoms with van der Waals surface area (Å²) in [7, 11) is 0. The van der Waals surface area contributed by atoms with Crippen molar-refractivity contribution in [1.29, 1.82) is 0 Å². The number of para-hydroxylation sites is 1. The number of amidine groups is 1. The fraction of sp³-hybridized carbons (Fsp3) is 0.500. The van der Waals surface area contributed by atoms with Crippen molar-refractivity contribution >= 4 is 22.6 Å². The van der Waals surface area contributed by atoms with Crippen molar-refractivity contribution in [3.8, 4) is 0 Å². The Morgan fingerprint density at radius 2 is 2.05 bits per heavy atom. The van der Waals surface area contributed by atoms with Gasteiger partial charge in [-0.1, -0.05) is 30.8 Å². The summed E-state index contributed by atoms with van der Waals surface area (Å²) >= 11 is 1.47. The highest BCUT2D eigenvalue weighted by molar-refractivity contribution is 8.14. The topological polar surface area (TPSA) is 24.4 Å². The third-order valence-electron chi connectivity index (χ3n) is 3.49. The minimum absolute atomic E-state index is 0.0617. The Morgan fingerprint density at radius 3 is 2.70 bits per heavy atom. The van der Waals surface area contributed by atoms with Crippen LogP contribution in [0.1, 0.15) is 32.3 Å². The van der Waals surface area contributed by atoms with Crippen LogP contribution < -0.4 is 5.32 Å². The van der Waals surface area contributed by atoms with E-state index in [1.807, 2.05) is 13.8 Å². The van der Waals surface area contributed by atoms with Gasteiger partial charge in [0.25, 0.3) is 0 Å². The van der Waals surface area contributed by atoms with Crippen molar-refractivity contribution in [3.05, 3.63) is 29.8 Å². The second kappa shape index (κ2) is 5.68. The number of nitrogens with one attached hydrogen (secondary N) is 1. The second-order valence-electron chi connectivity index (χ2n) is 5.03. The molecule has 110 valence electrons. The lowest BCUT2D eigenvalue weighted by Crippen LogP contribution is -2.30. The molecule has 1 aliphatic heterocycles. The molecule has 1 heterocycles. The van der Waals surface area contributed by atoms with Gasteiger partial charge in [-0.15, -0.1) is 0 Å². The van der Waals surface area contributed by atoms with Crippen LogP contribution in [0.4, 0.5) is 18.9 Å². The third kappa shape index (κ3) is 3.48. The number of alkyl halides is 3. The second-order valence-corrected chi connectivity index (χ2v) is 6.12. The van der Waals surface area contributed by atoms with E-state index in [1.54, 1.807) is 6.07 Å². The molecule has 1 aromatic carbocycles. The fourth-order valence-electron chi connectivity index (χ4n) is 1.98. The van der Waals surface area contributed by atoms with Crippen LogP contribution in [0.3, 0.4) is 0 Å². The SMILES string of the molecule is CCC1(C)CCSC(Nc2ccccc2C(F)(F)F)=N1. The number of anilines is 1. The predicted octanol–water partition coefficient (Wildman–Crippen LogP) is 4.78. The third-order valence-corrected chi connectivity index (χ3v) is 4.36. The van der Waals surface area contributed by atoms with Gasteiger partial charge in [0.05, 0.1) is 16.8 Å². The van der Waals surface area contributed by atoms with E-state index in [2.05, 4.69) is 10.3 Å². The Kier molecular flexibility index (Phi) is 4.32. The fourth-order valence-corrected chi connectivity index (χ4v) is 3.18. The van der Waals surface area contributed by atoms with Crippen LogP contribution in [0, 0.1) is 0 Å². The highest BCUT2D eigenvalue weighted by Gasteiger charge is 2.34. The summed E-state index contributed by atoms with van der Waals surface area (Å²) in [6.45, 7) is 4.07. The van der Waals surface area contributed by atoms with Crippen molar-refractivity contribution in [2.75, 3.05) is 11.1 Å². The molecule has 0 saturated carbocycles. The summed E-state index contributed by atoms with van der Waals surface area (Å²) in [5.41, 5.74) is -0.778. The van der Waals surface area contributed by atoms with E-state index in [-0.39, 0.29) is 11.2 Å². The molecule has 0 saturated heterocycles. The minimum atomic E-state index is -4.36. The maximum atomic E-state index is 12.9. The Hall–Kier alpha value is -1.17. The molecular formula is C14H17F3N2S. The van der Waals surface area contributed by atoms with Gasteiger partial charge in [0, 0.05) is 5.75 Å². The number of benzene rings is 1. The molecule has 0 fully saturated rings. The van der Waals surface area contributed by atoms with Crippen LogP contribution in [0.25, 0.3) is 0 Å². The largest absolute Gasteiger partial charge is 0.418 e. The van der Waals surface area contributed by atoms with Gasteiger partial charge in [-0.3, -0.25) is 4.99 Å². The highest BCUT2D eigenvalue weighted by atomic mass is 32.2. The highest BCUT2D eigenvalue weighted by Crippen LogP contribution is 2.36. The maximum Gasteiger partial charge on any atom is 0.418 e. The first-order valence-electron chi connectivity index (χ1n) is 6.50. The van der Waals surface area contributed by atoms with Crippen LogP contribution in [-0.4, -0.2) is 16.5 Å². The van der Waals surface area contributed by atoms with E-state index in [4.69, 9.17) is 0 Å². The zero-order valence-corrected chi connectivity index (χ0v) is 12.2. The average molecular weight is 302 g/mol. The number of nitrogens with zero attached hydrogens (tertiary/aromatic N) is 1. The van der Waals surface area contributed by atoms with Gasteiger partial charge < -0.3 is 5.32 Å². The van der Waals surface area contributed by atoms with Gasteiger partial charge in [-0.25, -0.2) is 0 Å². The normalized spacial score (nSPS) is 23.4. The van der Waals surface area contributed by atoms with E-state index in [9.17, 15) is 13.2 Å². The van der Waals surface area contributed by atoms with Gasteiger partial charge in [0.15, 0.2) is 5.17 Å². The maximum absolute atomic E-state index is 12.9. The number of aliphatic imine (C=N–C) groups is 1. The van der Waals surface area contributed by atoms with Gasteiger partial charge >= 0.3 is 6.18 Å². The molecular weight excluding hydrogens is 285 g/mol. The Morgan fingerprint density at radius 1 is 1.35 bits per heavy atom. The Labute approximate surface area is 120 Å². The number of rotatable bonds is 2. The van der Waals surface area contributed by atoms with Gasteiger partial charge in [0.1, 0.15) is 0 Å². The van der Waals surface area contributed by atoms with Crippen LogP contribution in [0.5, 0.6) is 0 Å². The Balaban J connectivity index is 2.27. The molecule has 1 aromatic rings. The molecule has 0 aliphatic carbocycles. The smallest absolute Gasteiger partial charge is 0.334 e. The average Bonchev–Trinajstić information content (AvgIpc) is 2.38. The number of hydrogen-bond acceptors (Lipinski definition) is 3. The summed E-state index contributed by atoms with van der Waals surface area (Å²) < 4.78 is 38.8. The quantitative estimate of drug-likeness (QED) is 0.850. The lowest BCUT2D eigenvalue weighted by molar-refractivity contribution is -0.136. The minimum Gasteiger partial charge on any atom is -0.334 e. The van der Waals surface area contributed by atoms with Gasteiger partial charge in [-0.05, 0) is 31.9 Å². The lowest BCUT2D eigenvalue weighted by atomic mass is 9.97. The molecule has 2 nitrogen and oxygen atoms in total. The molecule has 0 radical (unpaired) electrons. The molecule has 0 spiro atoms. The van der Waals surface area contributed by atoms with E-state index < -0.39 is 11.7 Å². The molecule has 0 amide bonds. The molecule has 0 aromatic heterocycles.